The maximum atomic E-state index is 6.44. The summed E-state index contributed by atoms with van der Waals surface area (Å²) in [6.07, 6.45) is 2.34. The summed E-state index contributed by atoms with van der Waals surface area (Å²) < 4.78 is 10.9. The molecule has 2 unspecified atom stereocenters. The van der Waals surface area contributed by atoms with E-state index in [2.05, 4.69) is 5.32 Å². The smallest absolute Gasteiger partial charge is 0.124 e. The Balaban J connectivity index is 2.30. The van der Waals surface area contributed by atoms with Crippen molar-refractivity contribution in [2.24, 2.45) is 11.7 Å². The Hall–Kier alpha value is -1.26. The number of hydrogen-bond donors (Lipinski definition) is 2. The number of hydrogen-bond acceptors (Lipinski definition) is 4. The molecule has 1 aliphatic heterocycles. The van der Waals surface area contributed by atoms with E-state index in [9.17, 15) is 0 Å². The van der Waals surface area contributed by atoms with Crippen molar-refractivity contribution in [1.29, 1.82) is 0 Å². The van der Waals surface area contributed by atoms with Crippen LogP contribution in [0.4, 0.5) is 0 Å². The van der Waals surface area contributed by atoms with Gasteiger partial charge in [0.15, 0.2) is 0 Å². The van der Waals surface area contributed by atoms with Crippen molar-refractivity contribution in [2.75, 3.05) is 27.3 Å². The lowest BCUT2D eigenvalue weighted by molar-refractivity contribution is 0.316. The molecule has 1 aliphatic rings. The number of aryl methyl sites for hydroxylation is 1. The van der Waals surface area contributed by atoms with Crippen LogP contribution in [0.3, 0.4) is 0 Å². The Bertz CT molecular complexity index is 428. The fourth-order valence-electron chi connectivity index (χ4n) is 2.77. The molecular formula is C15H24N2O2. The van der Waals surface area contributed by atoms with Crippen LogP contribution in [0.25, 0.3) is 0 Å². The summed E-state index contributed by atoms with van der Waals surface area (Å²) >= 11 is 0. The SMILES string of the molecule is COc1cc(C(N)C2CCCNC2)c(OC)cc1C. The van der Waals surface area contributed by atoms with Crippen molar-refractivity contribution in [1.82, 2.24) is 5.32 Å². The molecule has 2 atom stereocenters. The Morgan fingerprint density at radius 2 is 2.00 bits per heavy atom. The molecule has 0 aliphatic carbocycles. The molecule has 0 bridgehead atoms. The third-order valence-electron chi connectivity index (χ3n) is 3.95. The van der Waals surface area contributed by atoms with Crippen LogP contribution in [-0.4, -0.2) is 27.3 Å². The quantitative estimate of drug-likeness (QED) is 0.873. The number of benzene rings is 1. The highest BCUT2D eigenvalue weighted by molar-refractivity contribution is 5.47. The van der Waals surface area contributed by atoms with E-state index >= 15 is 0 Å². The highest BCUT2D eigenvalue weighted by Gasteiger charge is 2.25. The monoisotopic (exact) mass is 264 g/mol. The van der Waals surface area contributed by atoms with Gasteiger partial charge in [0.25, 0.3) is 0 Å². The summed E-state index contributed by atoms with van der Waals surface area (Å²) in [5.41, 5.74) is 8.55. The van der Waals surface area contributed by atoms with Gasteiger partial charge in [0.2, 0.25) is 0 Å². The molecule has 0 spiro atoms. The summed E-state index contributed by atoms with van der Waals surface area (Å²) in [6, 6.07) is 4.01. The van der Waals surface area contributed by atoms with Crippen molar-refractivity contribution in [3.05, 3.63) is 23.3 Å². The molecule has 1 saturated heterocycles. The predicted octanol–water partition coefficient (Wildman–Crippen LogP) is 2.01. The molecule has 1 fully saturated rings. The Labute approximate surface area is 115 Å². The van der Waals surface area contributed by atoms with Crippen LogP contribution in [0.2, 0.25) is 0 Å². The zero-order chi connectivity index (χ0) is 13.8. The van der Waals surface area contributed by atoms with Crippen LogP contribution in [0.5, 0.6) is 11.5 Å². The first-order chi connectivity index (χ1) is 9.17. The lowest BCUT2D eigenvalue weighted by atomic mass is 9.87. The third-order valence-corrected chi connectivity index (χ3v) is 3.95. The zero-order valence-electron chi connectivity index (χ0n) is 12.0. The van der Waals surface area contributed by atoms with Gasteiger partial charge in [0.1, 0.15) is 11.5 Å². The zero-order valence-corrected chi connectivity index (χ0v) is 12.0. The first-order valence-corrected chi connectivity index (χ1v) is 6.86. The average molecular weight is 264 g/mol. The summed E-state index contributed by atoms with van der Waals surface area (Å²) in [7, 11) is 3.38. The van der Waals surface area contributed by atoms with Gasteiger partial charge in [-0.1, -0.05) is 0 Å². The van der Waals surface area contributed by atoms with Gasteiger partial charge >= 0.3 is 0 Å². The van der Waals surface area contributed by atoms with Crippen molar-refractivity contribution in [2.45, 2.75) is 25.8 Å². The van der Waals surface area contributed by atoms with Crippen LogP contribution in [0.1, 0.15) is 30.0 Å². The molecule has 0 saturated carbocycles. The highest BCUT2D eigenvalue weighted by Crippen LogP contribution is 2.35. The standard InChI is InChI=1S/C15H24N2O2/c1-10-7-14(19-3)12(8-13(10)18-2)15(16)11-5-4-6-17-9-11/h7-8,11,15,17H,4-6,9,16H2,1-3H3. The maximum absolute atomic E-state index is 6.44. The molecule has 0 amide bonds. The van der Waals surface area contributed by atoms with Gasteiger partial charge in [-0.2, -0.15) is 0 Å². The van der Waals surface area contributed by atoms with Gasteiger partial charge in [0, 0.05) is 11.6 Å². The Kier molecular flexibility index (Phi) is 4.66. The van der Waals surface area contributed by atoms with Crippen molar-refractivity contribution in [3.63, 3.8) is 0 Å². The normalized spacial score (nSPS) is 20.9. The average Bonchev–Trinajstić information content (AvgIpc) is 2.47. The number of methoxy groups -OCH3 is 2. The fraction of sp³-hybridized carbons (Fsp3) is 0.600. The molecule has 106 valence electrons. The lowest BCUT2D eigenvalue weighted by Gasteiger charge is -2.29. The molecule has 1 heterocycles. The van der Waals surface area contributed by atoms with Crippen LogP contribution in [-0.2, 0) is 0 Å². The summed E-state index contributed by atoms with van der Waals surface area (Å²) in [5.74, 6) is 2.18. The van der Waals surface area contributed by atoms with E-state index in [1.54, 1.807) is 14.2 Å². The highest BCUT2D eigenvalue weighted by atomic mass is 16.5. The molecule has 4 nitrogen and oxygen atoms in total. The minimum absolute atomic E-state index is 0.0164. The summed E-state index contributed by atoms with van der Waals surface area (Å²) in [6.45, 7) is 4.08. The third kappa shape index (κ3) is 3.01. The van der Waals surface area contributed by atoms with Gasteiger partial charge < -0.3 is 20.5 Å². The molecule has 3 N–H and O–H groups in total. The number of nitrogens with one attached hydrogen (secondary N) is 1. The van der Waals surface area contributed by atoms with Gasteiger partial charge in [-0.3, -0.25) is 0 Å². The minimum atomic E-state index is -0.0164. The van der Waals surface area contributed by atoms with Gasteiger partial charge in [-0.25, -0.2) is 0 Å². The van der Waals surface area contributed by atoms with Gasteiger partial charge in [-0.15, -0.1) is 0 Å². The minimum Gasteiger partial charge on any atom is -0.496 e. The maximum Gasteiger partial charge on any atom is 0.124 e. The Morgan fingerprint density at radius 1 is 1.26 bits per heavy atom. The molecule has 19 heavy (non-hydrogen) atoms. The number of piperidine rings is 1. The molecule has 0 radical (unpaired) electrons. The van der Waals surface area contributed by atoms with E-state index in [1.807, 2.05) is 19.1 Å². The van der Waals surface area contributed by atoms with Crippen molar-refractivity contribution in [3.8, 4) is 11.5 Å². The lowest BCUT2D eigenvalue weighted by Crippen LogP contribution is -2.36. The molecule has 2 rings (SSSR count). The number of nitrogens with two attached hydrogens (primary N) is 1. The van der Waals surface area contributed by atoms with Crippen molar-refractivity contribution >= 4 is 0 Å². The molecule has 4 heteroatoms. The van der Waals surface area contributed by atoms with Crippen LogP contribution in [0.15, 0.2) is 12.1 Å². The summed E-state index contributed by atoms with van der Waals surface area (Å²) in [5, 5.41) is 3.41. The van der Waals surface area contributed by atoms with Gasteiger partial charge in [0.05, 0.1) is 14.2 Å². The van der Waals surface area contributed by atoms with Gasteiger partial charge in [-0.05, 0) is 56.5 Å². The summed E-state index contributed by atoms with van der Waals surface area (Å²) in [4.78, 5) is 0. The van der Waals surface area contributed by atoms with Crippen LogP contribution < -0.4 is 20.5 Å². The number of ether oxygens (including phenoxy) is 2. The first kappa shape index (κ1) is 14.2. The first-order valence-electron chi connectivity index (χ1n) is 6.86. The van der Waals surface area contributed by atoms with E-state index in [4.69, 9.17) is 15.2 Å². The molecular weight excluding hydrogens is 240 g/mol. The second-order valence-corrected chi connectivity index (χ2v) is 5.20. The fourth-order valence-corrected chi connectivity index (χ4v) is 2.77. The number of rotatable bonds is 4. The van der Waals surface area contributed by atoms with Crippen LogP contribution in [0, 0.1) is 12.8 Å². The van der Waals surface area contributed by atoms with E-state index in [0.29, 0.717) is 5.92 Å². The topological polar surface area (TPSA) is 56.5 Å². The predicted molar refractivity (Wildman–Crippen MR) is 76.8 cm³/mol. The molecule has 0 aromatic heterocycles. The molecule has 1 aromatic rings. The molecule has 1 aromatic carbocycles. The van der Waals surface area contributed by atoms with E-state index in [0.717, 1.165) is 42.1 Å². The largest absolute Gasteiger partial charge is 0.496 e. The van der Waals surface area contributed by atoms with E-state index in [-0.39, 0.29) is 6.04 Å². The Morgan fingerprint density at radius 3 is 2.58 bits per heavy atom. The second-order valence-electron chi connectivity index (χ2n) is 5.20. The second kappa shape index (κ2) is 6.26. The van der Waals surface area contributed by atoms with Crippen LogP contribution >= 0.6 is 0 Å². The van der Waals surface area contributed by atoms with Crippen molar-refractivity contribution < 1.29 is 9.47 Å². The van der Waals surface area contributed by atoms with E-state index < -0.39 is 0 Å². The van der Waals surface area contributed by atoms with E-state index in [1.165, 1.54) is 6.42 Å².